The van der Waals surface area contributed by atoms with Crippen molar-refractivity contribution in [3.8, 4) is 11.1 Å². The molecule has 3 aromatic rings. The van der Waals surface area contributed by atoms with Gasteiger partial charge in [-0.25, -0.2) is 4.98 Å². The Morgan fingerprint density at radius 1 is 1.17 bits per heavy atom. The first-order valence-electron chi connectivity index (χ1n) is 10.2. The maximum atomic E-state index is 12.2. The minimum absolute atomic E-state index is 0.289. The molecule has 0 unspecified atom stereocenters. The second kappa shape index (κ2) is 8.49. The molecule has 3 aromatic heterocycles. The Kier molecular flexibility index (Phi) is 5.81. The topological polar surface area (TPSA) is 63.9 Å². The molecule has 4 heterocycles. The van der Waals surface area contributed by atoms with Crippen molar-refractivity contribution in [2.45, 2.75) is 39.7 Å². The third kappa shape index (κ3) is 4.75. The van der Waals surface area contributed by atoms with Gasteiger partial charge in [0.05, 0.1) is 17.2 Å². The van der Waals surface area contributed by atoms with Gasteiger partial charge in [0.1, 0.15) is 5.15 Å². The van der Waals surface area contributed by atoms with Crippen molar-refractivity contribution in [2.24, 2.45) is 11.8 Å². The van der Waals surface area contributed by atoms with Gasteiger partial charge in [-0.05, 0) is 42.9 Å². The number of carbonyl (C=O) groups is 1. The van der Waals surface area contributed by atoms with E-state index in [1.165, 1.54) is 0 Å². The van der Waals surface area contributed by atoms with Crippen molar-refractivity contribution in [2.75, 3.05) is 13.1 Å². The number of hydrogen-bond donors (Lipinski definition) is 0. The van der Waals surface area contributed by atoms with Gasteiger partial charge in [0.15, 0.2) is 0 Å². The van der Waals surface area contributed by atoms with Crippen LogP contribution in [0, 0.1) is 11.8 Å². The first-order chi connectivity index (χ1) is 14.0. The first kappa shape index (κ1) is 19.8. The Morgan fingerprint density at radius 3 is 2.72 bits per heavy atom. The Balaban J connectivity index is 1.38. The molecule has 1 amide bonds. The van der Waals surface area contributed by atoms with Crippen molar-refractivity contribution >= 4 is 28.5 Å². The molecule has 0 radical (unpaired) electrons. The van der Waals surface area contributed by atoms with E-state index in [2.05, 4.69) is 35.1 Å². The number of rotatable bonds is 5. The zero-order valence-corrected chi connectivity index (χ0v) is 17.6. The predicted molar refractivity (Wildman–Crippen MR) is 115 cm³/mol. The van der Waals surface area contributed by atoms with Gasteiger partial charge in [-0.15, -0.1) is 0 Å². The lowest BCUT2D eigenvalue weighted by Crippen LogP contribution is -2.39. The molecule has 152 valence electrons. The maximum Gasteiger partial charge on any atom is 0.222 e. The summed E-state index contributed by atoms with van der Waals surface area (Å²) in [5.74, 6) is 1.25. The molecule has 6 nitrogen and oxygen atoms in total. The number of fused-ring (bicyclic) bond motifs is 1. The van der Waals surface area contributed by atoms with Crippen molar-refractivity contribution in [1.82, 2.24) is 24.6 Å². The van der Waals surface area contributed by atoms with Gasteiger partial charge < -0.3 is 4.90 Å². The van der Waals surface area contributed by atoms with Gasteiger partial charge in [0.25, 0.3) is 0 Å². The third-order valence-electron chi connectivity index (χ3n) is 5.47. The summed E-state index contributed by atoms with van der Waals surface area (Å²) < 4.78 is 2.00. The Bertz CT molecular complexity index is 1010. The number of nitrogens with zero attached hydrogens (tertiary/aromatic N) is 5. The van der Waals surface area contributed by atoms with E-state index in [9.17, 15) is 4.79 Å². The van der Waals surface area contributed by atoms with E-state index in [0.29, 0.717) is 23.4 Å². The molecule has 0 aromatic carbocycles. The van der Waals surface area contributed by atoms with E-state index in [1.807, 2.05) is 34.1 Å². The van der Waals surface area contributed by atoms with E-state index in [0.717, 1.165) is 54.6 Å². The molecule has 4 rings (SSSR count). The molecule has 29 heavy (non-hydrogen) atoms. The fraction of sp³-hybridized carbons (Fsp3) is 0.455. The van der Waals surface area contributed by atoms with E-state index in [1.54, 1.807) is 6.07 Å². The summed E-state index contributed by atoms with van der Waals surface area (Å²) >= 11 is 6.00. The Morgan fingerprint density at radius 2 is 1.97 bits per heavy atom. The van der Waals surface area contributed by atoms with E-state index >= 15 is 0 Å². The quantitative estimate of drug-likeness (QED) is 0.582. The van der Waals surface area contributed by atoms with E-state index in [4.69, 9.17) is 11.6 Å². The van der Waals surface area contributed by atoms with Gasteiger partial charge in [0, 0.05) is 49.6 Å². The maximum absolute atomic E-state index is 12.2. The number of carbonyl (C=O) groups excluding carboxylic acids is 1. The van der Waals surface area contributed by atoms with Gasteiger partial charge in [0.2, 0.25) is 5.91 Å². The fourth-order valence-corrected chi connectivity index (χ4v) is 4.01. The lowest BCUT2D eigenvalue weighted by molar-refractivity contribution is -0.133. The second-order valence-corrected chi connectivity index (χ2v) is 8.66. The van der Waals surface area contributed by atoms with Crippen molar-refractivity contribution in [3.05, 3.63) is 41.9 Å². The number of piperidine rings is 1. The highest BCUT2D eigenvalue weighted by Crippen LogP contribution is 2.24. The van der Waals surface area contributed by atoms with Gasteiger partial charge in [-0.2, -0.15) is 5.10 Å². The molecule has 1 aliphatic rings. The molecule has 0 saturated carbocycles. The van der Waals surface area contributed by atoms with Crippen molar-refractivity contribution < 1.29 is 4.79 Å². The van der Waals surface area contributed by atoms with Crippen molar-refractivity contribution in [1.29, 1.82) is 0 Å². The summed E-state index contributed by atoms with van der Waals surface area (Å²) in [5, 5.41) is 5.00. The average molecular weight is 412 g/mol. The van der Waals surface area contributed by atoms with Gasteiger partial charge in [-0.1, -0.05) is 25.4 Å². The number of amides is 1. The van der Waals surface area contributed by atoms with Crippen LogP contribution in [0.5, 0.6) is 0 Å². The number of aromatic nitrogens is 4. The smallest absolute Gasteiger partial charge is 0.222 e. The summed E-state index contributed by atoms with van der Waals surface area (Å²) in [7, 11) is 0. The summed E-state index contributed by atoms with van der Waals surface area (Å²) in [6, 6.07) is 5.61. The second-order valence-electron chi connectivity index (χ2n) is 8.27. The summed E-state index contributed by atoms with van der Waals surface area (Å²) in [6.07, 6.45) is 8.47. The molecule has 0 N–H and O–H groups in total. The van der Waals surface area contributed by atoms with E-state index < -0.39 is 0 Å². The lowest BCUT2D eigenvalue weighted by atomic mass is 9.96. The molecular weight excluding hydrogens is 386 g/mol. The van der Waals surface area contributed by atoms with Gasteiger partial charge >= 0.3 is 0 Å². The third-order valence-corrected chi connectivity index (χ3v) is 5.68. The van der Waals surface area contributed by atoms with Crippen LogP contribution < -0.4 is 0 Å². The summed E-state index contributed by atoms with van der Waals surface area (Å²) in [6.45, 7) is 6.76. The molecule has 0 aliphatic carbocycles. The molecule has 1 fully saturated rings. The highest BCUT2D eigenvalue weighted by atomic mass is 35.5. The Labute approximate surface area is 175 Å². The normalized spacial score (nSPS) is 15.4. The number of pyridine rings is 2. The highest BCUT2D eigenvalue weighted by Gasteiger charge is 2.23. The minimum Gasteiger partial charge on any atom is -0.343 e. The van der Waals surface area contributed by atoms with E-state index in [-0.39, 0.29) is 5.91 Å². The van der Waals surface area contributed by atoms with Crippen LogP contribution in [-0.4, -0.2) is 43.6 Å². The Hall–Kier alpha value is -2.47. The number of halogens is 1. The fourth-order valence-electron chi connectivity index (χ4n) is 3.86. The van der Waals surface area contributed by atoms with Crippen molar-refractivity contribution in [3.63, 3.8) is 0 Å². The monoisotopic (exact) mass is 411 g/mol. The summed E-state index contributed by atoms with van der Waals surface area (Å²) in [5.41, 5.74) is 3.60. The molecule has 1 saturated heterocycles. The predicted octanol–water partition coefficient (Wildman–Crippen LogP) is 4.43. The van der Waals surface area contributed by atoms with Crippen LogP contribution in [0.2, 0.25) is 5.15 Å². The molecular formula is C22H26ClN5O. The number of hydrogen-bond acceptors (Lipinski definition) is 4. The van der Waals surface area contributed by atoms with Crippen LogP contribution in [0.25, 0.3) is 22.2 Å². The molecule has 7 heteroatoms. The number of likely N-dealkylation sites (tertiary alicyclic amines) is 1. The molecule has 0 spiro atoms. The zero-order valence-electron chi connectivity index (χ0n) is 16.9. The average Bonchev–Trinajstić information content (AvgIpc) is 3.16. The van der Waals surface area contributed by atoms with Crippen LogP contribution in [0.1, 0.15) is 33.1 Å². The van der Waals surface area contributed by atoms with Gasteiger partial charge in [-0.3, -0.25) is 14.5 Å². The first-order valence-corrected chi connectivity index (χ1v) is 10.6. The molecule has 0 bridgehead atoms. The largest absolute Gasteiger partial charge is 0.343 e. The summed E-state index contributed by atoms with van der Waals surface area (Å²) in [4.78, 5) is 23.1. The standard InChI is InChI=1S/C22H26ClN5O/c1-15(2)9-22(29)27-7-5-16(6-8-27)13-28-14-18(12-25-28)17-10-20-19(24-11-17)3-4-21(23)26-20/h3-4,10-12,14-16H,5-9,13H2,1-2H3. The van der Waals surface area contributed by atoms with Crippen LogP contribution in [0.4, 0.5) is 0 Å². The highest BCUT2D eigenvalue weighted by molar-refractivity contribution is 6.29. The minimum atomic E-state index is 0.289. The molecule has 0 atom stereocenters. The lowest BCUT2D eigenvalue weighted by Gasteiger charge is -2.32. The molecule has 1 aliphatic heterocycles. The van der Waals surface area contributed by atoms with Crippen LogP contribution in [-0.2, 0) is 11.3 Å². The van der Waals surface area contributed by atoms with Crippen LogP contribution in [0.3, 0.4) is 0 Å². The van der Waals surface area contributed by atoms with Crippen LogP contribution >= 0.6 is 11.6 Å². The van der Waals surface area contributed by atoms with Crippen LogP contribution in [0.15, 0.2) is 36.8 Å². The SMILES string of the molecule is CC(C)CC(=O)N1CCC(Cn2cc(-c3cnc4ccc(Cl)nc4c3)cn2)CC1. The zero-order chi connectivity index (χ0) is 20.4.